The SMILES string of the molecule is CC(C)NC(=O)N(CCC(=N)N)C(C)C. The normalized spacial score (nSPS) is 10.5. The summed E-state index contributed by atoms with van der Waals surface area (Å²) in [6.45, 7) is 8.22. The molecule has 2 amide bonds. The predicted molar refractivity (Wildman–Crippen MR) is 62.0 cm³/mol. The highest BCUT2D eigenvalue weighted by Crippen LogP contribution is 2.01. The second-order valence-corrected chi connectivity index (χ2v) is 4.17. The minimum atomic E-state index is -0.0961. The summed E-state index contributed by atoms with van der Waals surface area (Å²) in [5.74, 6) is 0.109. The van der Waals surface area contributed by atoms with E-state index in [1.807, 2.05) is 27.7 Å². The lowest BCUT2D eigenvalue weighted by molar-refractivity contribution is 0.182. The Kier molecular flexibility index (Phi) is 5.74. The Hall–Kier alpha value is -1.26. The number of hydrogen-bond acceptors (Lipinski definition) is 2. The second-order valence-electron chi connectivity index (χ2n) is 4.17. The minimum Gasteiger partial charge on any atom is -0.388 e. The van der Waals surface area contributed by atoms with Crippen LogP contribution in [0.25, 0.3) is 0 Å². The van der Waals surface area contributed by atoms with Crippen LogP contribution in [0.3, 0.4) is 0 Å². The first-order valence-electron chi connectivity index (χ1n) is 5.24. The lowest BCUT2D eigenvalue weighted by Gasteiger charge is -2.27. The fourth-order valence-electron chi connectivity index (χ4n) is 1.17. The molecular weight excluding hydrogens is 192 g/mol. The van der Waals surface area contributed by atoms with Crippen LogP contribution >= 0.6 is 0 Å². The van der Waals surface area contributed by atoms with E-state index in [1.165, 1.54) is 0 Å². The minimum absolute atomic E-state index is 0.0961. The number of carbonyl (C=O) groups excluding carboxylic acids is 1. The number of nitrogens with two attached hydrogens (primary N) is 1. The Morgan fingerprint density at radius 2 is 1.93 bits per heavy atom. The summed E-state index contributed by atoms with van der Waals surface area (Å²) < 4.78 is 0. The number of carbonyl (C=O) groups is 1. The third-order valence-corrected chi connectivity index (χ3v) is 1.92. The zero-order valence-corrected chi connectivity index (χ0v) is 10.0. The van der Waals surface area contributed by atoms with Gasteiger partial charge in [-0.2, -0.15) is 0 Å². The van der Waals surface area contributed by atoms with Gasteiger partial charge < -0.3 is 16.0 Å². The fraction of sp³-hybridized carbons (Fsp3) is 0.800. The van der Waals surface area contributed by atoms with Crippen molar-refractivity contribution in [1.29, 1.82) is 5.41 Å². The summed E-state index contributed by atoms with van der Waals surface area (Å²) in [4.78, 5) is 13.4. The molecule has 0 aliphatic carbocycles. The molecule has 0 spiro atoms. The van der Waals surface area contributed by atoms with Crippen molar-refractivity contribution >= 4 is 11.9 Å². The van der Waals surface area contributed by atoms with Crippen LogP contribution in [0.2, 0.25) is 0 Å². The van der Waals surface area contributed by atoms with Gasteiger partial charge in [0.2, 0.25) is 0 Å². The van der Waals surface area contributed by atoms with Crippen molar-refractivity contribution < 1.29 is 4.79 Å². The van der Waals surface area contributed by atoms with Gasteiger partial charge in [0.15, 0.2) is 0 Å². The van der Waals surface area contributed by atoms with E-state index in [0.717, 1.165) is 0 Å². The molecule has 0 bridgehead atoms. The largest absolute Gasteiger partial charge is 0.388 e. The quantitative estimate of drug-likeness (QED) is 0.474. The molecular formula is C10H22N4O. The summed E-state index contributed by atoms with van der Waals surface area (Å²) in [6.07, 6.45) is 0.420. The van der Waals surface area contributed by atoms with Crippen molar-refractivity contribution in [3.05, 3.63) is 0 Å². The molecule has 0 heterocycles. The van der Waals surface area contributed by atoms with Gasteiger partial charge in [-0.05, 0) is 27.7 Å². The van der Waals surface area contributed by atoms with E-state index < -0.39 is 0 Å². The van der Waals surface area contributed by atoms with E-state index in [2.05, 4.69) is 5.32 Å². The van der Waals surface area contributed by atoms with Gasteiger partial charge in [0.1, 0.15) is 0 Å². The van der Waals surface area contributed by atoms with Gasteiger partial charge >= 0.3 is 6.03 Å². The summed E-state index contributed by atoms with van der Waals surface area (Å²) in [7, 11) is 0. The van der Waals surface area contributed by atoms with Crippen LogP contribution in [-0.2, 0) is 0 Å². The first kappa shape index (κ1) is 13.7. The molecule has 0 aliphatic heterocycles. The Labute approximate surface area is 91.5 Å². The molecule has 0 saturated heterocycles. The lowest BCUT2D eigenvalue weighted by atomic mass is 10.3. The molecule has 15 heavy (non-hydrogen) atoms. The molecule has 0 aromatic heterocycles. The van der Waals surface area contributed by atoms with E-state index in [1.54, 1.807) is 4.90 Å². The molecule has 0 aromatic carbocycles. The molecule has 0 fully saturated rings. The number of rotatable bonds is 5. The van der Waals surface area contributed by atoms with E-state index in [9.17, 15) is 4.79 Å². The maximum atomic E-state index is 11.7. The smallest absolute Gasteiger partial charge is 0.317 e. The highest BCUT2D eigenvalue weighted by atomic mass is 16.2. The average molecular weight is 214 g/mol. The van der Waals surface area contributed by atoms with Crippen LogP contribution in [0.1, 0.15) is 34.1 Å². The van der Waals surface area contributed by atoms with Gasteiger partial charge in [0.25, 0.3) is 0 Å². The predicted octanol–water partition coefficient (Wildman–Crippen LogP) is 1.14. The topological polar surface area (TPSA) is 82.2 Å². The first-order chi connectivity index (χ1) is 6.84. The Balaban J connectivity index is 4.25. The van der Waals surface area contributed by atoms with Crippen molar-refractivity contribution in [1.82, 2.24) is 10.2 Å². The Morgan fingerprint density at radius 1 is 1.40 bits per heavy atom. The van der Waals surface area contributed by atoms with Crippen LogP contribution in [0, 0.1) is 5.41 Å². The number of hydrogen-bond donors (Lipinski definition) is 3. The van der Waals surface area contributed by atoms with Gasteiger partial charge in [-0.3, -0.25) is 5.41 Å². The average Bonchev–Trinajstić information content (AvgIpc) is 2.01. The van der Waals surface area contributed by atoms with Crippen LogP contribution in [0.5, 0.6) is 0 Å². The van der Waals surface area contributed by atoms with E-state index >= 15 is 0 Å². The van der Waals surface area contributed by atoms with Gasteiger partial charge in [-0.15, -0.1) is 0 Å². The van der Waals surface area contributed by atoms with Crippen LogP contribution in [-0.4, -0.2) is 35.4 Å². The van der Waals surface area contributed by atoms with Crippen LogP contribution < -0.4 is 11.1 Å². The number of nitrogens with one attached hydrogen (secondary N) is 2. The summed E-state index contributed by atoms with van der Waals surface area (Å²) >= 11 is 0. The molecule has 5 heteroatoms. The molecule has 0 aliphatic rings. The molecule has 88 valence electrons. The van der Waals surface area contributed by atoms with E-state index in [4.69, 9.17) is 11.1 Å². The summed E-state index contributed by atoms with van der Waals surface area (Å²) in [5.41, 5.74) is 5.27. The highest BCUT2D eigenvalue weighted by molar-refractivity contribution is 5.79. The number of amides is 2. The molecule has 4 N–H and O–H groups in total. The van der Waals surface area contributed by atoms with Gasteiger partial charge in [0, 0.05) is 25.0 Å². The fourth-order valence-corrected chi connectivity index (χ4v) is 1.17. The van der Waals surface area contributed by atoms with Crippen molar-refractivity contribution in [3.63, 3.8) is 0 Å². The Morgan fingerprint density at radius 3 is 2.27 bits per heavy atom. The van der Waals surface area contributed by atoms with Gasteiger partial charge in [-0.1, -0.05) is 0 Å². The maximum Gasteiger partial charge on any atom is 0.317 e. The standard InChI is InChI=1S/C10H22N4O/c1-7(2)13-10(15)14(8(3)4)6-5-9(11)12/h7-8H,5-6H2,1-4H3,(H3,11,12)(H,13,15). The van der Waals surface area contributed by atoms with Crippen LogP contribution in [0.15, 0.2) is 0 Å². The molecule has 0 aromatic rings. The van der Waals surface area contributed by atoms with E-state index in [0.29, 0.717) is 13.0 Å². The third kappa shape index (κ3) is 5.93. The highest BCUT2D eigenvalue weighted by Gasteiger charge is 2.17. The molecule has 0 unspecified atom stereocenters. The van der Waals surface area contributed by atoms with Crippen molar-refractivity contribution in [2.45, 2.75) is 46.2 Å². The molecule has 0 rings (SSSR count). The van der Waals surface area contributed by atoms with Crippen molar-refractivity contribution in [2.24, 2.45) is 5.73 Å². The monoisotopic (exact) mass is 214 g/mol. The summed E-state index contributed by atoms with van der Waals surface area (Å²) in [5, 5.41) is 9.95. The van der Waals surface area contributed by atoms with E-state index in [-0.39, 0.29) is 24.0 Å². The molecule has 5 nitrogen and oxygen atoms in total. The van der Waals surface area contributed by atoms with Crippen molar-refractivity contribution in [3.8, 4) is 0 Å². The zero-order valence-electron chi connectivity index (χ0n) is 10.0. The van der Waals surface area contributed by atoms with Crippen LogP contribution in [0.4, 0.5) is 4.79 Å². The number of urea groups is 1. The molecule has 0 saturated carbocycles. The molecule has 0 atom stereocenters. The second kappa shape index (κ2) is 6.27. The number of amidine groups is 1. The third-order valence-electron chi connectivity index (χ3n) is 1.92. The Bertz CT molecular complexity index is 225. The first-order valence-corrected chi connectivity index (χ1v) is 5.24. The zero-order chi connectivity index (χ0) is 12.0. The molecule has 0 radical (unpaired) electrons. The van der Waals surface area contributed by atoms with Gasteiger partial charge in [0.05, 0.1) is 5.84 Å². The summed E-state index contributed by atoms with van der Waals surface area (Å²) in [6, 6.07) is 0.139. The number of nitrogens with zero attached hydrogens (tertiary/aromatic N) is 1. The lowest BCUT2D eigenvalue weighted by Crippen LogP contribution is -2.47. The van der Waals surface area contributed by atoms with Crippen molar-refractivity contribution in [2.75, 3.05) is 6.54 Å². The van der Waals surface area contributed by atoms with Gasteiger partial charge in [-0.25, -0.2) is 4.79 Å². The maximum absolute atomic E-state index is 11.7.